The first-order chi connectivity index (χ1) is 8.68. The first-order valence-corrected chi connectivity index (χ1v) is 6.96. The number of nitrogens with one attached hydrogen (secondary N) is 2. The van der Waals surface area contributed by atoms with E-state index >= 15 is 0 Å². The van der Waals surface area contributed by atoms with Gasteiger partial charge < -0.3 is 15.7 Å². The van der Waals surface area contributed by atoms with E-state index in [4.69, 9.17) is 0 Å². The maximum absolute atomic E-state index is 10.2. The highest BCUT2D eigenvalue weighted by Crippen LogP contribution is 2.26. The van der Waals surface area contributed by atoms with Gasteiger partial charge in [0.15, 0.2) is 0 Å². The van der Waals surface area contributed by atoms with E-state index < -0.39 is 5.60 Å². The van der Waals surface area contributed by atoms with Crippen molar-refractivity contribution in [3.8, 4) is 0 Å². The monoisotopic (exact) mass is 248 g/mol. The van der Waals surface area contributed by atoms with E-state index in [9.17, 15) is 5.11 Å². The number of rotatable bonds is 6. The van der Waals surface area contributed by atoms with Crippen molar-refractivity contribution in [2.24, 2.45) is 0 Å². The Morgan fingerprint density at radius 1 is 1.33 bits per heavy atom. The lowest BCUT2D eigenvalue weighted by atomic mass is 9.97. The molecule has 0 saturated carbocycles. The molecule has 3 heteroatoms. The molecular weight excluding hydrogens is 224 g/mol. The molecule has 100 valence electrons. The summed E-state index contributed by atoms with van der Waals surface area (Å²) in [6.07, 6.45) is 2.71. The number of hydrogen-bond donors (Lipinski definition) is 3. The molecule has 2 rings (SSSR count). The second kappa shape index (κ2) is 5.72. The minimum Gasteiger partial charge on any atom is -0.389 e. The summed E-state index contributed by atoms with van der Waals surface area (Å²) in [6.45, 7) is 6.59. The van der Waals surface area contributed by atoms with Crippen LogP contribution in [0.3, 0.4) is 0 Å². The van der Waals surface area contributed by atoms with Crippen LogP contribution in [0.5, 0.6) is 0 Å². The number of aliphatic hydroxyl groups is 1. The molecule has 1 aromatic carbocycles. The molecular formula is C15H24N2O. The van der Waals surface area contributed by atoms with Gasteiger partial charge >= 0.3 is 0 Å². The van der Waals surface area contributed by atoms with Gasteiger partial charge in [0.2, 0.25) is 0 Å². The van der Waals surface area contributed by atoms with Crippen molar-refractivity contribution in [3.63, 3.8) is 0 Å². The van der Waals surface area contributed by atoms with E-state index in [1.807, 2.05) is 13.8 Å². The van der Waals surface area contributed by atoms with Crippen LogP contribution in [0.1, 0.15) is 37.8 Å². The van der Waals surface area contributed by atoms with Crippen LogP contribution in [-0.2, 0) is 13.0 Å². The third-order valence-corrected chi connectivity index (χ3v) is 4.02. The van der Waals surface area contributed by atoms with Crippen LogP contribution in [0.15, 0.2) is 18.2 Å². The topological polar surface area (TPSA) is 44.3 Å². The smallest absolute Gasteiger partial charge is 0.0766 e. The molecule has 0 spiro atoms. The van der Waals surface area contributed by atoms with Gasteiger partial charge in [0.05, 0.1) is 5.60 Å². The molecule has 0 atom stereocenters. The van der Waals surface area contributed by atoms with E-state index in [2.05, 4.69) is 28.8 Å². The Labute approximate surface area is 110 Å². The standard InChI is InChI=1S/C15H24N2O/c1-3-15(18,4-2)11-16-10-13-7-5-6-12-8-9-17-14(12)13/h5-7,16-18H,3-4,8-11H2,1-2H3. The summed E-state index contributed by atoms with van der Waals surface area (Å²) >= 11 is 0. The summed E-state index contributed by atoms with van der Waals surface area (Å²) in [5.74, 6) is 0. The Kier molecular flexibility index (Phi) is 4.25. The van der Waals surface area contributed by atoms with E-state index in [0.29, 0.717) is 6.54 Å². The minimum atomic E-state index is -0.564. The molecule has 0 unspecified atom stereocenters. The maximum Gasteiger partial charge on any atom is 0.0766 e. The summed E-state index contributed by atoms with van der Waals surface area (Å²) in [5, 5.41) is 17.0. The van der Waals surface area contributed by atoms with E-state index in [1.54, 1.807) is 0 Å². The summed E-state index contributed by atoms with van der Waals surface area (Å²) in [5.41, 5.74) is 3.45. The fraction of sp³-hybridized carbons (Fsp3) is 0.600. The predicted molar refractivity (Wildman–Crippen MR) is 75.9 cm³/mol. The molecule has 18 heavy (non-hydrogen) atoms. The first-order valence-electron chi connectivity index (χ1n) is 6.96. The van der Waals surface area contributed by atoms with Crippen LogP contribution in [0, 0.1) is 0 Å². The zero-order valence-electron chi connectivity index (χ0n) is 11.4. The molecule has 3 N–H and O–H groups in total. The lowest BCUT2D eigenvalue weighted by Gasteiger charge is -2.25. The average Bonchev–Trinajstić information content (AvgIpc) is 2.87. The van der Waals surface area contributed by atoms with Gasteiger partial charge in [-0.2, -0.15) is 0 Å². The largest absolute Gasteiger partial charge is 0.389 e. The van der Waals surface area contributed by atoms with Gasteiger partial charge in [-0.3, -0.25) is 0 Å². The van der Waals surface area contributed by atoms with Gasteiger partial charge in [0, 0.05) is 25.3 Å². The summed E-state index contributed by atoms with van der Waals surface area (Å²) in [6, 6.07) is 6.46. The first kappa shape index (κ1) is 13.4. The fourth-order valence-corrected chi connectivity index (χ4v) is 2.49. The fourth-order valence-electron chi connectivity index (χ4n) is 2.49. The van der Waals surface area contributed by atoms with Crippen molar-refractivity contribution in [1.82, 2.24) is 5.32 Å². The van der Waals surface area contributed by atoms with Gasteiger partial charge in [-0.15, -0.1) is 0 Å². The zero-order chi connectivity index (χ0) is 13.0. The molecule has 0 aromatic heterocycles. The van der Waals surface area contributed by atoms with Gasteiger partial charge in [0.25, 0.3) is 0 Å². The third-order valence-electron chi connectivity index (χ3n) is 4.02. The number of benzene rings is 1. The quantitative estimate of drug-likeness (QED) is 0.724. The normalized spacial score (nSPS) is 14.4. The molecule has 1 aromatic rings. The molecule has 0 amide bonds. The van der Waals surface area contributed by atoms with Crippen molar-refractivity contribution in [2.75, 3.05) is 18.4 Å². The molecule has 0 bridgehead atoms. The molecule has 0 saturated heterocycles. The van der Waals surface area contributed by atoms with Crippen molar-refractivity contribution in [3.05, 3.63) is 29.3 Å². The maximum atomic E-state index is 10.2. The van der Waals surface area contributed by atoms with Crippen LogP contribution < -0.4 is 10.6 Å². The number of anilines is 1. The van der Waals surface area contributed by atoms with Gasteiger partial charge in [-0.25, -0.2) is 0 Å². The number of fused-ring (bicyclic) bond motifs is 1. The Morgan fingerprint density at radius 3 is 2.83 bits per heavy atom. The highest BCUT2D eigenvalue weighted by atomic mass is 16.3. The molecule has 0 fully saturated rings. The zero-order valence-corrected chi connectivity index (χ0v) is 11.4. The van der Waals surface area contributed by atoms with Crippen molar-refractivity contribution >= 4 is 5.69 Å². The van der Waals surface area contributed by atoms with Crippen molar-refractivity contribution in [2.45, 2.75) is 45.3 Å². The van der Waals surface area contributed by atoms with Crippen molar-refractivity contribution < 1.29 is 5.11 Å². The third kappa shape index (κ3) is 2.85. The van der Waals surface area contributed by atoms with E-state index in [0.717, 1.165) is 32.4 Å². The molecule has 0 radical (unpaired) electrons. The number of hydrogen-bond acceptors (Lipinski definition) is 3. The summed E-state index contributed by atoms with van der Waals surface area (Å²) in [4.78, 5) is 0. The Balaban J connectivity index is 1.93. The van der Waals surface area contributed by atoms with E-state index in [1.165, 1.54) is 16.8 Å². The average molecular weight is 248 g/mol. The van der Waals surface area contributed by atoms with Gasteiger partial charge in [-0.05, 0) is 30.4 Å². The van der Waals surface area contributed by atoms with Crippen LogP contribution in [-0.4, -0.2) is 23.8 Å². The van der Waals surface area contributed by atoms with Crippen molar-refractivity contribution in [1.29, 1.82) is 0 Å². The van der Waals surface area contributed by atoms with Crippen LogP contribution >= 0.6 is 0 Å². The van der Waals surface area contributed by atoms with Gasteiger partial charge in [0.1, 0.15) is 0 Å². The SMILES string of the molecule is CCC(O)(CC)CNCc1cccc2c1NCC2. The van der Waals surface area contributed by atoms with E-state index in [-0.39, 0.29) is 0 Å². The van der Waals surface area contributed by atoms with Crippen LogP contribution in [0.2, 0.25) is 0 Å². The summed E-state index contributed by atoms with van der Waals surface area (Å²) < 4.78 is 0. The molecule has 1 aliphatic heterocycles. The molecule has 1 aliphatic rings. The van der Waals surface area contributed by atoms with Crippen LogP contribution in [0.25, 0.3) is 0 Å². The lowest BCUT2D eigenvalue weighted by molar-refractivity contribution is 0.0323. The molecule has 0 aliphatic carbocycles. The van der Waals surface area contributed by atoms with Gasteiger partial charge in [-0.1, -0.05) is 32.0 Å². The Morgan fingerprint density at radius 2 is 2.11 bits per heavy atom. The second-order valence-corrected chi connectivity index (χ2v) is 5.16. The second-order valence-electron chi connectivity index (χ2n) is 5.16. The highest BCUT2D eigenvalue weighted by molar-refractivity contribution is 5.61. The lowest BCUT2D eigenvalue weighted by Crippen LogP contribution is -2.39. The summed E-state index contributed by atoms with van der Waals surface area (Å²) in [7, 11) is 0. The molecule has 1 heterocycles. The Bertz CT molecular complexity index is 399. The molecule has 3 nitrogen and oxygen atoms in total. The minimum absolute atomic E-state index is 0.564. The van der Waals surface area contributed by atoms with Crippen LogP contribution in [0.4, 0.5) is 5.69 Å². The Hall–Kier alpha value is -1.06. The highest BCUT2D eigenvalue weighted by Gasteiger charge is 2.21. The predicted octanol–water partition coefficient (Wildman–Crippen LogP) is 2.30. The number of para-hydroxylation sites is 1.